The number of ether oxygens (including phenoxy) is 1. The maximum atomic E-state index is 13.4. The van der Waals surface area contributed by atoms with Crippen LogP contribution in [0.3, 0.4) is 0 Å². The Kier molecular flexibility index (Phi) is 8.01. The summed E-state index contributed by atoms with van der Waals surface area (Å²) in [5.74, 6) is -1.68. The lowest BCUT2D eigenvalue weighted by atomic mass is 9.95. The van der Waals surface area contributed by atoms with Gasteiger partial charge in [0.2, 0.25) is 5.78 Å². The molecule has 1 saturated heterocycles. The topological polar surface area (TPSA) is 117 Å². The molecule has 34 heavy (non-hydrogen) atoms. The van der Waals surface area contributed by atoms with Crippen molar-refractivity contribution in [1.82, 2.24) is 4.90 Å². The molecule has 0 radical (unpaired) electrons. The first kappa shape index (κ1) is 24.9. The number of amides is 1. The second-order valence-electron chi connectivity index (χ2n) is 8.11. The van der Waals surface area contributed by atoms with Gasteiger partial charge < -0.3 is 19.6 Å². The number of nitro benzene ring substituents is 1. The Labute approximate surface area is 198 Å². The smallest absolute Gasteiger partial charge is 0.295 e. The van der Waals surface area contributed by atoms with Crippen molar-refractivity contribution in [2.45, 2.75) is 26.3 Å². The van der Waals surface area contributed by atoms with E-state index in [0.717, 1.165) is 19.6 Å². The highest BCUT2D eigenvalue weighted by Gasteiger charge is 2.44. The molecule has 0 spiro atoms. The lowest BCUT2D eigenvalue weighted by molar-refractivity contribution is -0.896. The van der Waals surface area contributed by atoms with Crippen LogP contribution in [0.4, 0.5) is 5.69 Å². The van der Waals surface area contributed by atoms with Gasteiger partial charge in [0.25, 0.3) is 11.6 Å². The molecule has 1 fully saturated rings. The zero-order chi connectivity index (χ0) is 24.8. The van der Waals surface area contributed by atoms with Gasteiger partial charge in [0.1, 0.15) is 5.75 Å². The van der Waals surface area contributed by atoms with Crippen LogP contribution in [0.5, 0.6) is 5.75 Å². The minimum Gasteiger partial charge on any atom is -0.872 e. The number of carbonyl (C=O) groups excluding carboxylic acids is 2. The van der Waals surface area contributed by atoms with Crippen molar-refractivity contribution >= 4 is 23.1 Å². The van der Waals surface area contributed by atoms with Gasteiger partial charge in [0.05, 0.1) is 37.7 Å². The van der Waals surface area contributed by atoms with Crippen molar-refractivity contribution in [2.75, 3.05) is 33.3 Å². The second-order valence-corrected chi connectivity index (χ2v) is 8.11. The number of ketones is 1. The number of hydrogen-bond acceptors (Lipinski definition) is 6. The number of Topliss-reactive ketones (excluding diaryl/α,β-unsaturated/α-hetero) is 1. The molecule has 3 rings (SSSR count). The number of carbonyl (C=O) groups is 2. The molecular formula is C25H29N3O6. The third kappa shape index (κ3) is 5.09. The Hall–Kier alpha value is -3.72. The molecule has 180 valence electrons. The molecule has 0 saturated carbocycles. The normalized spacial score (nSPS) is 17.4. The molecular weight excluding hydrogens is 438 g/mol. The highest BCUT2D eigenvalue weighted by Crippen LogP contribution is 2.39. The first-order chi connectivity index (χ1) is 16.3. The summed E-state index contributed by atoms with van der Waals surface area (Å²) in [5.41, 5.74) is 0.446. The molecule has 1 heterocycles. The van der Waals surface area contributed by atoms with Crippen molar-refractivity contribution in [3.8, 4) is 5.75 Å². The van der Waals surface area contributed by atoms with Crippen LogP contribution in [0.2, 0.25) is 0 Å². The Balaban J connectivity index is 2.06. The van der Waals surface area contributed by atoms with Gasteiger partial charge in [-0.15, -0.1) is 0 Å². The van der Waals surface area contributed by atoms with Gasteiger partial charge in [-0.2, -0.15) is 0 Å². The van der Waals surface area contributed by atoms with Crippen molar-refractivity contribution in [3.63, 3.8) is 0 Å². The molecule has 9 heteroatoms. The Bertz CT molecular complexity index is 1090. The Morgan fingerprint density at radius 1 is 1.12 bits per heavy atom. The molecule has 1 unspecified atom stereocenters. The lowest BCUT2D eigenvalue weighted by Crippen LogP contribution is -3.11. The van der Waals surface area contributed by atoms with Gasteiger partial charge in [-0.05, 0) is 49.2 Å². The number of methoxy groups -OCH3 is 1. The number of nitro groups is 1. The number of nitrogens with one attached hydrogen (secondary N) is 1. The molecule has 2 aromatic carbocycles. The quantitative estimate of drug-likeness (QED) is 0.184. The van der Waals surface area contributed by atoms with E-state index in [1.54, 1.807) is 18.2 Å². The van der Waals surface area contributed by atoms with Gasteiger partial charge in [0, 0.05) is 30.7 Å². The van der Waals surface area contributed by atoms with Gasteiger partial charge >= 0.3 is 0 Å². The van der Waals surface area contributed by atoms with Crippen molar-refractivity contribution in [3.05, 3.63) is 75.3 Å². The summed E-state index contributed by atoms with van der Waals surface area (Å²) in [6, 6.07) is 11.1. The SMILES string of the molecule is CC[NH+](CC)CCCN1C(=O)C(=O)/C(=C(/[O-])c2cccc(OC)c2)C1c1ccc([N+](=O)[O-])cc1. The van der Waals surface area contributed by atoms with Crippen LogP contribution in [0.1, 0.15) is 37.4 Å². The zero-order valence-corrected chi connectivity index (χ0v) is 19.6. The summed E-state index contributed by atoms with van der Waals surface area (Å²) in [7, 11) is 1.47. The van der Waals surface area contributed by atoms with E-state index in [2.05, 4.69) is 13.8 Å². The van der Waals surface area contributed by atoms with E-state index in [1.807, 2.05) is 0 Å². The summed E-state index contributed by atoms with van der Waals surface area (Å²) < 4.78 is 5.19. The Morgan fingerprint density at radius 3 is 2.38 bits per heavy atom. The van der Waals surface area contributed by atoms with E-state index in [4.69, 9.17) is 4.74 Å². The van der Waals surface area contributed by atoms with Crippen LogP contribution in [-0.4, -0.2) is 54.8 Å². The second kappa shape index (κ2) is 10.9. The largest absolute Gasteiger partial charge is 0.872 e. The van der Waals surface area contributed by atoms with Crippen LogP contribution in [0.15, 0.2) is 54.1 Å². The maximum absolute atomic E-state index is 13.4. The van der Waals surface area contributed by atoms with E-state index < -0.39 is 28.4 Å². The summed E-state index contributed by atoms with van der Waals surface area (Å²) >= 11 is 0. The van der Waals surface area contributed by atoms with E-state index in [-0.39, 0.29) is 16.8 Å². The molecule has 0 bridgehead atoms. The number of rotatable bonds is 10. The number of nitrogens with zero attached hydrogens (tertiary/aromatic N) is 2. The first-order valence-corrected chi connectivity index (χ1v) is 11.3. The van der Waals surface area contributed by atoms with E-state index >= 15 is 0 Å². The fourth-order valence-electron chi connectivity index (χ4n) is 4.25. The lowest BCUT2D eigenvalue weighted by Gasteiger charge is -2.28. The summed E-state index contributed by atoms with van der Waals surface area (Å²) in [6.07, 6.45) is 0.653. The third-order valence-electron chi connectivity index (χ3n) is 6.21. The standard InChI is InChI=1S/C25H29N3O6/c1-4-26(5-2)14-7-15-27-22(17-10-12-19(13-11-17)28(32)33)21(24(30)25(27)31)23(29)18-8-6-9-20(16-18)34-3/h6,8-13,16,22,29H,4-5,7,14-15H2,1-3H3/b23-21+. The zero-order valence-electron chi connectivity index (χ0n) is 19.6. The minimum absolute atomic E-state index is 0.114. The van der Waals surface area contributed by atoms with E-state index in [0.29, 0.717) is 24.3 Å². The third-order valence-corrected chi connectivity index (χ3v) is 6.21. The van der Waals surface area contributed by atoms with Gasteiger partial charge in [-0.1, -0.05) is 17.9 Å². The van der Waals surface area contributed by atoms with Crippen LogP contribution >= 0.6 is 0 Å². The molecule has 0 aliphatic carbocycles. The fraction of sp³-hybridized carbons (Fsp3) is 0.360. The van der Waals surface area contributed by atoms with Crippen molar-refractivity contribution in [2.24, 2.45) is 0 Å². The molecule has 9 nitrogen and oxygen atoms in total. The highest BCUT2D eigenvalue weighted by molar-refractivity contribution is 6.46. The number of likely N-dealkylation sites (tertiary alicyclic amines) is 1. The fourth-order valence-corrected chi connectivity index (χ4v) is 4.25. The average Bonchev–Trinajstić information content (AvgIpc) is 3.11. The molecule has 1 aliphatic heterocycles. The van der Waals surface area contributed by atoms with Crippen molar-refractivity contribution in [1.29, 1.82) is 0 Å². The Morgan fingerprint density at radius 2 is 1.79 bits per heavy atom. The van der Waals surface area contributed by atoms with E-state index in [1.165, 1.54) is 47.2 Å². The van der Waals surface area contributed by atoms with Gasteiger partial charge in [0.15, 0.2) is 0 Å². The summed E-state index contributed by atoms with van der Waals surface area (Å²) in [6.45, 7) is 7.17. The van der Waals surface area contributed by atoms with Crippen LogP contribution in [-0.2, 0) is 9.59 Å². The molecule has 1 N–H and O–H groups in total. The van der Waals surface area contributed by atoms with Crippen molar-refractivity contribution < 1.29 is 29.3 Å². The maximum Gasteiger partial charge on any atom is 0.295 e. The number of benzene rings is 2. The van der Waals surface area contributed by atoms with Crippen LogP contribution in [0, 0.1) is 10.1 Å². The van der Waals surface area contributed by atoms with Gasteiger partial charge in [-0.3, -0.25) is 19.7 Å². The first-order valence-electron chi connectivity index (χ1n) is 11.3. The molecule has 2 aromatic rings. The summed E-state index contributed by atoms with van der Waals surface area (Å²) in [4.78, 5) is 39.4. The highest BCUT2D eigenvalue weighted by atomic mass is 16.6. The van der Waals surface area contributed by atoms with Gasteiger partial charge in [-0.25, -0.2) is 0 Å². The minimum atomic E-state index is -0.911. The number of quaternary nitrogens is 1. The predicted octanol–water partition coefficient (Wildman–Crippen LogP) is 1.14. The van der Waals surface area contributed by atoms with Crippen LogP contribution < -0.4 is 14.7 Å². The summed E-state index contributed by atoms with van der Waals surface area (Å²) in [5, 5.41) is 24.5. The predicted molar refractivity (Wildman–Crippen MR) is 124 cm³/mol. The average molecular weight is 468 g/mol. The molecule has 0 aromatic heterocycles. The van der Waals surface area contributed by atoms with E-state index in [9.17, 15) is 24.8 Å². The monoisotopic (exact) mass is 467 g/mol. The number of non-ortho nitro benzene ring substituents is 1. The molecule has 1 aliphatic rings. The molecule has 1 amide bonds. The molecule has 1 atom stereocenters. The van der Waals surface area contributed by atoms with Crippen LogP contribution in [0.25, 0.3) is 5.76 Å². The number of hydrogen-bond donors (Lipinski definition) is 1.